The molecule has 0 fully saturated rings. The number of nitrogens with zero attached hydrogens (tertiary/aromatic N) is 3. The maximum Gasteiger partial charge on any atom is 0.137 e. The fraction of sp³-hybridized carbons (Fsp3) is 0.136. The molecular weight excluding hydrogens is 306 g/mol. The van der Waals surface area contributed by atoms with Crippen LogP contribution in [0.25, 0.3) is 16.9 Å². The Balaban J connectivity index is 1.70. The molecule has 0 saturated heterocycles. The Morgan fingerprint density at radius 3 is 2.24 bits per heavy atom. The summed E-state index contributed by atoms with van der Waals surface area (Å²) in [5.41, 5.74) is 5.76. The highest BCUT2D eigenvalue weighted by Gasteiger charge is 2.15. The quantitative estimate of drug-likeness (QED) is 0.532. The molecule has 25 heavy (non-hydrogen) atoms. The van der Waals surface area contributed by atoms with Gasteiger partial charge in [0.15, 0.2) is 0 Å². The third kappa shape index (κ3) is 3.32. The molecule has 0 aliphatic rings. The van der Waals surface area contributed by atoms with Crippen molar-refractivity contribution in [2.24, 2.45) is 0 Å². The zero-order chi connectivity index (χ0) is 17.1. The minimum absolute atomic E-state index is 0.838. The summed E-state index contributed by atoms with van der Waals surface area (Å²) in [6.07, 6.45) is 2.10. The molecule has 0 radical (unpaired) electrons. The molecule has 2 heterocycles. The molecule has 0 N–H and O–H groups in total. The molecule has 124 valence electrons. The Kier molecular flexibility index (Phi) is 4.32. The zero-order valence-corrected chi connectivity index (χ0v) is 14.3. The van der Waals surface area contributed by atoms with Crippen LogP contribution >= 0.6 is 0 Å². The van der Waals surface area contributed by atoms with E-state index < -0.39 is 0 Å². The molecule has 3 nitrogen and oxygen atoms in total. The van der Waals surface area contributed by atoms with Crippen molar-refractivity contribution in [3.8, 4) is 11.3 Å². The lowest BCUT2D eigenvalue weighted by molar-refractivity contribution is 0.314. The van der Waals surface area contributed by atoms with Gasteiger partial charge < -0.3 is 4.40 Å². The van der Waals surface area contributed by atoms with Crippen molar-refractivity contribution in [1.82, 2.24) is 14.3 Å². The molecule has 2 aromatic heterocycles. The first-order valence-electron chi connectivity index (χ1n) is 8.55. The number of rotatable bonds is 5. The van der Waals surface area contributed by atoms with Crippen molar-refractivity contribution < 1.29 is 0 Å². The summed E-state index contributed by atoms with van der Waals surface area (Å²) in [4.78, 5) is 7.21. The number of benzene rings is 2. The van der Waals surface area contributed by atoms with E-state index in [9.17, 15) is 0 Å². The Morgan fingerprint density at radius 1 is 0.800 bits per heavy atom. The monoisotopic (exact) mass is 327 g/mol. The van der Waals surface area contributed by atoms with Crippen molar-refractivity contribution in [3.05, 3.63) is 96.3 Å². The highest BCUT2D eigenvalue weighted by Crippen LogP contribution is 2.25. The molecule has 2 aromatic carbocycles. The van der Waals surface area contributed by atoms with Gasteiger partial charge >= 0.3 is 0 Å². The van der Waals surface area contributed by atoms with Crippen molar-refractivity contribution in [2.75, 3.05) is 7.05 Å². The topological polar surface area (TPSA) is 20.5 Å². The molecule has 0 aliphatic carbocycles. The van der Waals surface area contributed by atoms with E-state index in [1.54, 1.807) is 0 Å². The van der Waals surface area contributed by atoms with Crippen LogP contribution in [0.4, 0.5) is 0 Å². The summed E-state index contributed by atoms with van der Waals surface area (Å²) in [6.45, 7) is 1.75. The van der Waals surface area contributed by atoms with Gasteiger partial charge in [-0.05, 0) is 24.7 Å². The van der Waals surface area contributed by atoms with Gasteiger partial charge in [0.2, 0.25) is 0 Å². The second-order valence-electron chi connectivity index (χ2n) is 6.36. The van der Waals surface area contributed by atoms with Crippen LogP contribution in [0.15, 0.2) is 85.1 Å². The summed E-state index contributed by atoms with van der Waals surface area (Å²) in [6, 6.07) is 27.2. The molecular formula is C22H21N3. The second kappa shape index (κ2) is 6.91. The molecule has 4 aromatic rings. The maximum absolute atomic E-state index is 4.88. The average molecular weight is 327 g/mol. The highest BCUT2D eigenvalue weighted by atomic mass is 15.1. The number of imidazole rings is 1. The van der Waals surface area contributed by atoms with Crippen molar-refractivity contribution in [1.29, 1.82) is 0 Å². The number of hydrogen-bond acceptors (Lipinski definition) is 2. The van der Waals surface area contributed by atoms with Gasteiger partial charge in [0.05, 0.1) is 11.4 Å². The molecule has 0 saturated carbocycles. The summed E-state index contributed by atoms with van der Waals surface area (Å²) in [5, 5.41) is 0. The number of fused-ring (bicyclic) bond motifs is 1. The smallest absolute Gasteiger partial charge is 0.137 e. The summed E-state index contributed by atoms with van der Waals surface area (Å²) in [7, 11) is 2.16. The van der Waals surface area contributed by atoms with E-state index in [4.69, 9.17) is 4.98 Å². The van der Waals surface area contributed by atoms with E-state index in [-0.39, 0.29) is 0 Å². The lowest BCUT2D eigenvalue weighted by Crippen LogP contribution is -2.18. The van der Waals surface area contributed by atoms with E-state index in [1.165, 1.54) is 11.3 Å². The molecule has 0 atom stereocenters. The highest BCUT2D eigenvalue weighted by molar-refractivity contribution is 5.66. The van der Waals surface area contributed by atoms with Crippen molar-refractivity contribution >= 4 is 5.65 Å². The van der Waals surface area contributed by atoms with Gasteiger partial charge in [-0.1, -0.05) is 66.7 Å². The SMILES string of the molecule is CN(Cc1ccccc1)Cc1c(-c2ccccc2)nc2ccccn12. The van der Waals surface area contributed by atoms with Gasteiger partial charge in [0, 0.05) is 24.8 Å². The van der Waals surface area contributed by atoms with Crippen LogP contribution in [-0.2, 0) is 13.1 Å². The van der Waals surface area contributed by atoms with Gasteiger partial charge in [-0.15, -0.1) is 0 Å². The van der Waals surface area contributed by atoms with Gasteiger partial charge in [-0.25, -0.2) is 4.98 Å². The van der Waals surface area contributed by atoms with Gasteiger partial charge in [0.1, 0.15) is 5.65 Å². The van der Waals surface area contributed by atoms with Gasteiger partial charge in [-0.3, -0.25) is 4.90 Å². The van der Waals surface area contributed by atoms with E-state index in [0.717, 1.165) is 30.0 Å². The minimum atomic E-state index is 0.838. The summed E-state index contributed by atoms with van der Waals surface area (Å²) in [5.74, 6) is 0. The van der Waals surface area contributed by atoms with Crippen LogP contribution < -0.4 is 0 Å². The summed E-state index contributed by atoms with van der Waals surface area (Å²) < 4.78 is 2.20. The first-order chi connectivity index (χ1) is 12.3. The van der Waals surface area contributed by atoms with E-state index in [0.29, 0.717) is 0 Å². The van der Waals surface area contributed by atoms with Crippen LogP contribution in [-0.4, -0.2) is 21.3 Å². The van der Waals surface area contributed by atoms with E-state index in [1.807, 2.05) is 12.1 Å². The molecule has 3 heteroatoms. The van der Waals surface area contributed by atoms with Crippen molar-refractivity contribution in [3.63, 3.8) is 0 Å². The normalized spacial score (nSPS) is 11.3. The maximum atomic E-state index is 4.88. The molecule has 0 amide bonds. The number of hydrogen-bond donors (Lipinski definition) is 0. The number of pyridine rings is 1. The van der Waals surface area contributed by atoms with Gasteiger partial charge in [0.25, 0.3) is 0 Å². The van der Waals surface area contributed by atoms with Crippen LogP contribution in [0.1, 0.15) is 11.3 Å². The first kappa shape index (κ1) is 15.6. The molecule has 0 aliphatic heterocycles. The second-order valence-corrected chi connectivity index (χ2v) is 6.36. The number of aromatic nitrogens is 2. The molecule has 0 spiro atoms. The standard InChI is InChI=1S/C22H21N3/c1-24(16-18-10-4-2-5-11-18)17-20-22(19-12-6-3-7-13-19)23-21-14-8-9-15-25(20)21/h2-15H,16-17H2,1H3. The molecule has 0 bridgehead atoms. The summed E-state index contributed by atoms with van der Waals surface area (Å²) >= 11 is 0. The van der Waals surface area contributed by atoms with Gasteiger partial charge in [-0.2, -0.15) is 0 Å². The largest absolute Gasteiger partial charge is 0.302 e. The third-order valence-electron chi connectivity index (χ3n) is 4.39. The Labute approximate surface area is 148 Å². The fourth-order valence-electron chi connectivity index (χ4n) is 3.23. The molecule has 4 rings (SSSR count). The third-order valence-corrected chi connectivity index (χ3v) is 4.39. The van der Waals surface area contributed by atoms with Crippen molar-refractivity contribution in [2.45, 2.75) is 13.1 Å². The predicted molar refractivity (Wildman–Crippen MR) is 102 cm³/mol. The fourth-order valence-corrected chi connectivity index (χ4v) is 3.23. The average Bonchev–Trinajstić information content (AvgIpc) is 3.02. The van der Waals surface area contributed by atoms with E-state index in [2.05, 4.69) is 89.3 Å². The first-order valence-corrected chi connectivity index (χ1v) is 8.55. The lowest BCUT2D eigenvalue weighted by atomic mass is 10.1. The Morgan fingerprint density at radius 2 is 1.48 bits per heavy atom. The van der Waals surface area contributed by atoms with Crippen LogP contribution in [0.3, 0.4) is 0 Å². The lowest BCUT2D eigenvalue weighted by Gasteiger charge is -2.17. The Hall–Kier alpha value is -2.91. The predicted octanol–water partition coefficient (Wildman–Crippen LogP) is 4.63. The van der Waals surface area contributed by atoms with Crippen LogP contribution in [0.5, 0.6) is 0 Å². The minimum Gasteiger partial charge on any atom is -0.302 e. The van der Waals surface area contributed by atoms with E-state index >= 15 is 0 Å². The molecule has 0 unspecified atom stereocenters. The van der Waals surface area contributed by atoms with Crippen LogP contribution in [0, 0.1) is 0 Å². The van der Waals surface area contributed by atoms with Crippen LogP contribution in [0.2, 0.25) is 0 Å². The Bertz CT molecular complexity index is 958. The zero-order valence-electron chi connectivity index (χ0n) is 14.3.